The van der Waals surface area contributed by atoms with Gasteiger partial charge in [0.25, 0.3) is 6.71 Å². The molecule has 0 bridgehead atoms. The first-order chi connectivity index (χ1) is 46.6. The Balaban J connectivity index is 1.06. The topological polar surface area (TPSA) is 29.5 Å². The second-order valence-corrected chi connectivity index (χ2v) is 26.9. The average Bonchev–Trinajstić information content (AvgIpc) is 1.01. The van der Waals surface area contributed by atoms with Gasteiger partial charge in [0.1, 0.15) is 5.58 Å². The van der Waals surface area contributed by atoms with Gasteiger partial charge in [-0.2, -0.15) is 0 Å². The molecule has 0 aliphatic carbocycles. The molecule has 438 valence electrons. The van der Waals surface area contributed by atoms with E-state index in [-0.39, 0.29) is 40.6 Å². The van der Waals surface area contributed by atoms with Crippen LogP contribution in [-0.4, -0.2) is 15.8 Å². The molecule has 6 heteroatoms. The molecule has 0 spiro atoms. The van der Waals surface area contributed by atoms with Crippen molar-refractivity contribution in [2.75, 3.05) is 9.80 Å². The molecule has 0 saturated heterocycles. The number of benzene rings is 13. The molecule has 92 heavy (non-hydrogen) atoms. The fourth-order valence-electron chi connectivity index (χ4n) is 15.2. The van der Waals surface area contributed by atoms with Gasteiger partial charge in [-0.3, -0.25) is 0 Å². The van der Waals surface area contributed by atoms with Crippen LogP contribution in [0.4, 0.5) is 34.1 Å². The van der Waals surface area contributed by atoms with Gasteiger partial charge in [0, 0.05) is 71.8 Å². The first-order valence-electron chi connectivity index (χ1n) is 33.9. The van der Waals surface area contributed by atoms with Crippen LogP contribution >= 0.6 is 0 Å². The van der Waals surface area contributed by atoms with Crippen LogP contribution in [0.2, 0.25) is 0 Å². The zero-order valence-electron chi connectivity index (χ0n) is 56.1. The van der Waals surface area contributed by atoms with Crippen molar-refractivity contribution in [3.8, 4) is 44.8 Å². The minimum absolute atomic E-state index is 0.118. The van der Waals surface area contributed by atoms with E-state index in [0.29, 0.717) is 16.4 Å². The standard InChI is InChI=1S/C86H65BN4O/c1-85(2,3)57-41-47-75-68(49-57)69-50-58(86(4,5)6)42-48-76(69)89(75)60-52-78-81-79(53-60)91(82-62(55-27-12-8-13-28-55)35-24-36-63(82)56-29-14-9-15-30-56)77-51-59(88-73-38-21-17-32-64(73)65-33-18-22-39-74(65)88)43-45-70(77)87(81)71-46-44-67-66-34-19-23-40-80(66)92-84(67)83(71)90(78)72-37-20-16-31-61(72)54-25-10-7-11-26-54/h7-53H,1-6H3/i19D,23D,34D,40D. The largest absolute Gasteiger partial charge is 0.454 e. The van der Waals surface area contributed by atoms with Gasteiger partial charge >= 0.3 is 0 Å². The number of anilines is 6. The van der Waals surface area contributed by atoms with E-state index < -0.39 is 6.71 Å². The Morgan fingerprint density at radius 3 is 1.42 bits per heavy atom. The number of hydrogen-bond acceptors (Lipinski definition) is 3. The van der Waals surface area contributed by atoms with Crippen molar-refractivity contribution in [3.05, 3.63) is 296 Å². The number of hydrogen-bond donors (Lipinski definition) is 0. The predicted octanol–water partition coefficient (Wildman–Crippen LogP) is 21.5. The molecule has 2 aliphatic heterocycles. The second kappa shape index (κ2) is 20.2. The lowest BCUT2D eigenvalue weighted by Gasteiger charge is -2.45. The van der Waals surface area contributed by atoms with Crippen molar-refractivity contribution in [1.82, 2.24) is 9.13 Å². The maximum atomic E-state index is 9.56. The molecule has 0 N–H and O–H groups in total. The number of aromatic nitrogens is 2. The van der Waals surface area contributed by atoms with Crippen LogP contribution in [0.3, 0.4) is 0 Å². The SMILES string of the molecule is [2H]c1c([2H])c([2H])c2c(oc3c4c(ccc32)B2c3ccc(-n5c6ccccc6c6ccccc65)cc3N(c3c(-c5ccccc5)cccc3-c3ccccc3)c3cc(-n5c6ccc(C(C)(C)C)cc6c6cc(C(C)(C)C)ccc65)cc(c32)N4c2ccccc2-c2ccccc2)c1[2H]. The Kier molecular flexibility index (Phi) is 10.9. The molecule has 0 unspecified atom stereocenters. The summed E-state index contributed by atoms with van der Waals surface area (Å²) in [5.41, 5.74) is 24.2. The monoisotopic (exact) mass is 1180 g/mol. The molecule has 0 fully saturated rings. The van der Waals surface area contributed by atoms with Crippen molar-refractivity contribution >= 4 is 123 Å². The molecule has 5 heterocycles. The highest BCUT2D eigenvalue weighted by atomic mass is 16.3. The van der Waals surface area contributed by atoms with Gasteiger partial charge in [-0.25, -0.2) is 0 Å². The van der Waals surface area contributed by atoms with E-state index in [4.69, 9.17) is 7.16 Å². The zero-order valence-corrected chi connectivity index (χ0v) is 52.1. The summed E-state index contributed by atoms with van der Waals surface area (Å²) >= 11 is 0. The summed E-state index contributed by atoms with van der Waals surface area (Å²) < 4.78 is 49.2. The third-order valence-electron chi connectivity index (χ3n) is 19.5. The lowest BCUT2D eigenvalue weighted by molar-refractivity contribution is 0.590. The van der Waals surface area contributed by atoms with Crippen molar-refractivity contribution in [1.29, 1.82) is 0 Å². The fourth-order valence-corrected chi connectivity index (χ4v) is 15.2. The summed E-state index contributed by atoms with van der Waals surface area (Å²) in [7, 11) is 0. The van der Waals surface area contributed by atoms with Crippen molar-refractivity contribution in [2.45, 2.75) is 52.4 Å². The van der Waals surface area contributed by atoms with Gasteiger partial charge in [0.15, 0.2) is 5.58 Å². The van der Waals surface area contributed by atoms with Crippen LogP contribution in [0.25, 0.3) is 110 Å². The quantitative estimate of drug-likeness (QED) is 0.149. The maximum absolute atomic E-state index is 9.56. The van der Waals surface area contributed by atoms with Gasteiger partial charge in [-0.05, 0) is 128 Å². The molecule has 0 atom stereocenters. The van der Waals surface area contributed by atoms with Gasteiger partial charge < -0.3 is 23.4 Å². The van der Waals surface area contributed by atoms with E-state index in [2.05, 4.69) is 315 Å². The van der Waals surface area contributed by atoms with Gasteiger partial charge in [-0.15, -0.1) is 0 Å². The van der Waals surface area contributed by atoms with E-state index >= 15 is 0 Å². The van der Waals surface area contributed by atoms with Crippen LogP contribution in [0, 0.1) is 0 Å². The first kappa shape index (κ1) is 49.8. The predicted molar refractivity (Wildman–Crippen MR) is 390 cm³/mol. The molecule has 13 aromatic carbocycles. The third kappa shape index (κ3) is 8.12. The molecule has 16 aromatic rings. The summed E-state index contributed by atoms with van der Waals surface area (Å²) in [6.45, 7) is 13.3. The maximum Gasteiger partial charge on any atom is 0.252 e. The Morgan fingerprint density at radius 1 is 0.348 bits per heavy atom. The number of fused-ring (bicyclic) bond motifs is 14. The lowest BCUT2D eigenvalue weighted by Crippen LogP contribution is -2.61. The smallest absolute Gasteiger partial charge is 0.252 e. The van der Waals surface area contributed by atoms with Crippen LogP contribution in [0.5, 0.6) is 0 Å². The van der Waals surface area contributed by atoms with E-state index in [1.807, 2.05) is 6.07 Å². The fraction of sp³-hybridized carbons (Fsp3) is 0.0930. The normalized spacial score (nSPS) is 13.7. The number of nitrogens with zero attached hydrogens (tertiary/aromatic N) is 4. The summed E-state index contributed by atoms with van der Waals surface area (Å²) in [5.74, 6) is 0. The van der Waals surface area contributed by atoms with E-state index in [9.17, 15) is 2.74 Å². The third-order valence-corrected chi connectivity index (χ3v) is 19.5. The summed E-state index contributed by atoms with van der Waals surface area (Å²) in [5, 5.41) is 5.65. The van der Waals surface area contributed by atoms with Crippen LogP contribution < -0.4 is 26.2 Å². The Hall–Kier alpha value is -11.1. The van der Waals surface area contributed by atoms with Gasteiger partial charge in [-0.1, -0.05) is 254 Å². The second-order valence-electron chi connectivity index (χ2n) is 26.9. The average molecular weight is 1190 g/mol. The summed E-state index contributed by atoms with van der Waals surface area (Å²) in [6, 6.07) is 94.3. The van der Waals surface area contributed by atoms with Crippen LogP contribution in [-0.2, 0) is 10.8 Å². The highest BCUT2D eigenvalue weighted by Crippen LogP contribution is 2.54. The number of rotatable bonds is 7. The lowest BCUT2D eigenvalue weighted by atomic mass is 9.33. The molecule has 18 rings (SSSR count). The summed E-state index contributed by atoms with van der Waals surface area (Å²) in [6.07, 6.45) is 0. The Bertz CT molecular complexity index is 5760. The molecule has 0 radical (unpaired) electrons. The van der Waals surface area contributed by atoms with Crippen LogP contribution in [0.1, 0.15) is 58.2 Å². The van der Waals surface area contributed by atoms with Crippen molar-refractivity contribution in [2.24, 2.45) is 0 Å². The van der Waals surface area contributed by atoms with Crippen molar-refractivity contribution < 1.29 is 9.90 Å². The summed E-state index contributed by atoms with van der Waals surface area (Å²) in [4.78, 5) is 4.99. The van der Waals surface area contributed by atoms with E-state index in [1.54, 1.807) is 0 Å². The molecular formula is C86H65BN4O. The highest BCUT2D eigenvalue weighted by molar-refractivity contribution is 7.00. The zero-order chi connectivity index (χ0) is 65.2. The van der Waals surface area contributed by atoms with E-state index in [0.717, 1.165) is 117 Å². The molecule has 2 aliphatic rings. The van der Waals surface area contributed by atoms with Gasteiger partial charge in [0.05, 0.1) is 50.3 Å². The van der Waals surface area contributed by atoms with Crippen molar-refractivity contribution in [3.63, 3.8) is 0 Å². The first-order valence-corrected chi connectivity index (χ1v) is 31.9. The molecule has 3 aromatic heterocycles. The minimum Gasteiger partial charge on any atom is -0.454 e. The molecule has 0 amide bonds. The molecule has 0 saturated carbocycles. The molecule has 5 nitrogen and oxygen atoms in total. The number of furan rings is 1. The van der Waals surface area contributed by atoms with Gasteiger partial charge in [0.2, 0.25) is 0 Å². The minimum atomic E-state index is -0.439. The molecular weight excluding hydrogens is 1120 g/mol. The Morgan fingerprint density at radius 2 is 0.826 bits per heavy atom. The number of para-hydroxylation sites is 5. The Labute approximate surface area is 542 Å². The van der Waals surface area contributed by atoms with Crippen LogP contribution in [0.15, 0.2) is 289 Å². The highest BCUT2D eigenvalue weighted by Gasteiger charge is 2.46. The van der Waals surface area contributed by atoms with E-state index in [1.165, 1.54) is 32.7 Å².